The van der Waals surface area contributed by atoms with Crippen molar-refractivity contribution in [3.8, 4) is 0 Å². The summed E-state index contributed by atoms with van der Waals surface area (Å²) >= 11 is 11.9. The molecule has 22 heavy (non-hydrogen) atoms. The molecule has 0 aromatic heterocycles. The predicted molar refractivity (Wildman–Crippen MR) is 92.0 cm³/mol. The topological polar surface area (TPSA) is 64.4 Å². The molecular weight excluding hydrogens is 347 g/mol. The highest BCUT2D eigenvalue weighted by Gasteiger charge is 2.38. The van der Waals surface area contributed by atoms with Crippen molar-refractivity contribution in [2.75, 3.05) is 26.3 Å². The molecule has 0 atom stereocenters. The minimum absolute atomic E-state index is 0. The molecule has 1 aromatic rings. The molecule has 2 rings (SSSR count). The molecular formula is C15H21Cl3N2O2. The minimum atomic E-state index is -0.482. The first-order chi connectivity index (χ1) is 10.1. The van der Waals surface area contributed by atoms with Crippen molar-refractivity contribution >= 4 is 41.5 Å². The number of hydrogen-bond donors (Lipinski definition) is 2. The summed E-state index contributed by atoms with van der Waals surface area (Å²) in [5.74, 6) is 0.0152. The van der Waals surface area contributed by atoms with Crippen molar-refractivity contribution in [1.29, 1.82) is 0 Å². The Hall–Kier alpha value is -0.520. The van der Waals surface area contributed by atoms with Gasteiger partial charge in [0.15, 0.2) is 0 Å². The largest absolute Gasteiger partial charge is 0.381 e. The molecule has 3 N–H and O–H groups in total. The van der Waals surface area contributed by atoms with E-state index in [1.54, 1.807) is 6.07 Å². The molecule has 1 aliphatic heterocycles. The zero-order chi connectivity index (χ0) is 15.3. The van der Waals surface area contributed by atoms with Crippen LogP contribution in [0.15, 0.2) is 18.2 Å². The third-order valence-electron chi connectivity index (χ3n) is 3.94. The molecule has 7 heteroatoms. The maximum absolute atomic E-state index is 12.4. The van der Waals surface area contributed by atoms with Gasteiger partial charge in [-0.25, -0.2) is 0 Å². The quantitative estimate of drug-likeness (QED) is 0.841. The van der Waals surface area contributed by atoms with E-state index in [0.717, 1.165) is 5.56 Å². The highest BCUT2D eigenvalue weighted by molar-refractivity contribution is 6.34. The Balaban J connectivity index is 0.00000242. The summed E-state index contributed by atoms with van der Waals surface area (Å²) in [4.78, 5) is 12.4. The standard InChI is InChI=1S/C15H20Cl2N2O2.ClH/c16-12-7-11(8-13(17)9-12)1-4-19-14(20)15(10-18)2-5-21-6-3-15;/h7-9H,1-6,10,18H2,(H,19,20);1H. The van der Waals surface area contributed by atoms with E-state index in [0.29, 0.717) is 55.6 Å². The minimum Gasteiger partial charge on any atom is -0.381 e. The molecule has 0 spiro atoms. The Morgan fingerprint density at radius 1 is 1.23 bits per heavy atom. The summed E-state index contributed by atoms with van der Waals surface area (Å²) in [6, 6.07) is 5.40. The van der Waals surface area contributed by atoms with E-state index in [9.17, 15) is 4.79 Å². The van der Waals surface area contributed by atoms with Crippen LogP contribution in [0.25, 0.3) is 0 Å². The number of nitrogens with two attached hydrogens (primary N) is 1. The van der Waals surface area contributed by atoms with Gasteiger partial charge in [0.25, 0.3) is 0 Å². The third-order valence-corrected chi connectivity index (χ3v) is 4.38. The van der Waals surface area contributed by atoms with Crippen molar-refractivity contribution in [1.82, 2.24) is 5.32 Å². The van der Waals surface area contributed by atoms with Gasteiger partial charge in [0, 0.05) is 36.3 Å². The zero-order valence-electron chi connectivity index (χ0n) is 12.2. The van der Waals surface area contributed by atoms with Crippen LogP contribution in [0, 0.1) is 5.41 Å². The first-order valence-electron chi connectivity index (χ1n) is 7.07. The molecule has 4 nitrogen and oxygen atoms in total. The fraction of sp³-hybridized carbons (Fsp3) is 0.533. The molecule has 1 aliphatic rings. The maximum atomic E-state index is 12.4. The van der Waals surface area contributed by atoms with Gasteiger partial charge in [0.2, 0.25) is 5.91 Å². The second-order valence-electron chi connectivity index (χ2n) is 5.38. The molecule has 0 saturated carbocycles. The van der Waals surface area contributed by atoms with Crippen molar-refractivity contribution in [3.05, 3.63) is 33.8 Å². The zero-order valence-corrected chi connectivity index (χ0v) is 14.6. The van der Waals surface area contributed by atoms with Crippen molar-refractivity contribution in [3.63, 3.8) is 0 Å². The van der Waals surface area contributed by atoms with Crippen LogP contribution < -0.4 is 11.1 Å². The second-order valence-corrected chi connectivity index (χ2v) is 6.25. The molecule has 1 fully saturated rings. The van der Waals surface area contributed by atoms with E-state index < -0.39 is 5.41 Å². The predicted octanol–water partition coefficient (Wildman–Crippen LogP) is 2.83. The normalized spacial score (nSPS) is 16.7. The van der Waals surface area contributed by atoms with Gasteiger partial charge in [-0.1, -0.05) is 23.2 Å². The van der Waals surface area contributed by atoms with E-state index in [1.807, 2.05) is 12.1 Å². The van der Waals surface area contributed by atoms with Gasteiger partial charge in [-0.3, -0.25) is 4.79 Å². The van der Waals surface area contributed by atoms with Crippen LogP contribution in [0.1, 0.15) is 18.4 Å². The smallest absolute Gasteiger partial charge is 0.227 e. The molecule has 0 radical (unpaired) electrons. The Bertz CT molecular complexity index is 485. The van der Waals surface area contributed by atoms with Crippen molar-refractivity contribution < 1.29 is 9.53 Å². The summed E-state index contributed by atoms with van der Waals surface area (Å²) in [6.45, 7) is 2.08. The number of benzene rings is 1. The van der Waals surface area contributed by atoms with Gasteiger partial charge in [-0.15, -0.1) is 12.4 Å². The number of carbonyl (C=O) groups is 1. The molecule has 1 aromatic carbocycles. The first kappa shape index (κ1) is 19.5. The fourth-order valence-electron chi connectivity index (χ4n) is 2.55. The van der Waals surface area contributed by atoms with Gasteiger partial charge >= 0.3 is 0 Å². The number of halogens is 3. The lowest BCUT2D eigenvalue weighted by Crippen LogP contribution is -2.49. The summed E-state index contributed by atoms with van der Waals surface area (Å²) in [7, 11) is 0. The molecule has 1 amide bonds. The Kier molecular flexibility index (Phi) is 7.94. The summed E-state index contributed by atoms with van der Waals surface area (Å²) in [5, 5.41) is 4.18. The average molecular weight is 368 g/mol. The number of rotatable bonds is 5. The fourth-order valence-corrected chi connectivity index (χ4v) is 3.12. The van der Waals surface area contributed by atoms with E-state index in [2.05, 4.69) is 5.32 Å². The van der Waals surface area contributed by atoms with E-state index in [-0.39, 0.29) is 18.3 Å². The van der Waals surface area contributed by atoms with E-state index in [1.165, 1.54) is 0 Å². The Morgan fingerprint density at radius 3 is 2.36 bits per heavy atom. The lowest BCUT2D eigenvalue weighted by molar-refractivity contribution is -0.135. The van der Waals surface area contributed by atoms with Gasteiger partial charge in [-0.05, 0) is 43.0 Å². The van der Waals surface area contributed by atoms with Crippen LogP contribution in [0.2, 0.25) is 10.0 Å². The van der Waals surface area contributed by atoms with Crippen LogP contribution in [0.5, 0.6) is 0 Å². The third kappa shape index (κ3) is 5.00. The second kappa shape index (κ2) is 8.94. The number of amides is 1. The van der Waals surface area contributed by atoms with Crippen LogP contribution >= 0.6 is 35.6 Å². The highest BCUT2D eigenvalue weighted by Crippen LogP contribution is 2.29. The molecule has 1 saturated heterocycles. The lowest BCUT2D eigenvalue weighted by Gasteiger charge is -2.34. The van der Waals surface area contributed by atoms with Crippen molar-refractivity contribution in [2.24, 2.45) is 11.1 Å². The lowest BCUT2D eigenvalue weighted by atomic mass is 9.79. The first-order valence-corrected chi connectivity index (χ1v) is 7.82. The summed E-state index contributed by atoms with van der Waals surface area (Å²) < 4.78 is 5.31. The molecule has 0 bridgehead atoms. The highest BCUT2D eigenvalue weighted by atomic mass is 35.5. The van der Waals surface area contributed by atoms with Crippen LogP contribution in [-0.4, -0.2) is 32.2 Å². The number of ether oxygens (including phenoxy) is 1. The van der Waals surface area contributed by atoms with Crippen LogP contribution in [0.4, 0.5) is 0 Å². The summed E-state index contributed by atoms with van der Waals surface area (Å²) in [6.07, 6.45) is 2.04. The Morgan fingerprint density at radius 2 is 1.82 bits per heavy atom. The van der Waals surface area contributed by atoms with Gasteiger partial charge < -0.3 is 15.8 Å². The average Bonchev–Trinajstić information content (AvgIpc) is 2.47. The molecule has 0 unspecified atom stereocenters. The van der Waals surface area contributed by atoms with E-state index >= 15 is 0 Å². The summed E-state index contributed by atoms with van der Waals surface area (Å²) in [5.41, 5.74) is 6.33. The number of hydrogen-bond acceptors (Lipinski definition) is 3. The SMILES string of the molecule is Cl.NCC1(C(=O)NCCc2cc(Cl)cc(Cl)c2)CCOCC1. The monoisotopic (exact) mass is 366 g/mol. The maximum Gasteiger partial charge on any atom is 0.227 e. The van der Waals surface area contributed by atoms with Gasteiger partial charge in [0.05, 0.1) is 5.41 Å². The number of carbonyl (C=O) groups excluding carboxylic acids is 1. The molecule has 1 heterocycles. The van der Waals surface area contributed by atoms with Crippen LogP contribution in [0.3, 0.4) is 0 Å². The van der Waals surface area contributed by atoms with Gasteiger partial charge in [-0.2, -0.15) is 0 Å². The van der Waals surface area contributed by atoms with Gasteiger partial charge in [0.1, 0.15) is 0 Å². The van der Waals surface area contributed by atoms with E-state index in [4.69, 9.17) is 33.7 Å². The number of nitrogens with one attached hydrogen (secondary N) is 1. The molecule has 0 aliphatic carbocycles. The Labute approximate surface area is 147 Å². The molecule has 124 valence electrons. The van der Waals surface area contributed by atoms with Crippen molar-refractivity contribution in [2.45, 2.75) is 19.3 Å². The van der Waals surface area contributed by atoms with Crippen LogP contribution in [-0.2, 0) is 16.0 Å².